The predicted octanol–water partition coefficient (Wildman–Crippen LogP) is 4.19. The summed E-state index contributed by atoms with van der Waals surface area (Å²) in [5.74, 6) is 0.248. The van der Waals surface area contributed by atoms with E-state index < -0.39 is 6.10 Å². The third kappa shape index (κ3) is 3.47. The summed E-state index contributed by atoms with van der Waals surface area (Å²) in [4.78, 5) is 12.4. The minimum absolute atomic E-state index is 0.0908. The van der Waals surface area contributed by atoms with Crippen molar-refractivity contribution in [3.05, 3.63) is 47.0 Å². The van der Waals surface area contributed by atoms with Crippen LogP contribution < -0.4 is 0 Å². The van der Waals surface area contributed by atoms with Gasteiger partial charge < -0.3 is 9.84 Å². The van der Waals surface area contributed by atoms with Crippen molar-refractivity contribution in [3.8, 4) is 0 Å². The van der Waals surface area contributed by atoms with Gasteiger partial charge in [0.2, 0.25) is 0 Å². The molecule has 0 unspecified atom stereocenters. The highest BCUT2D eigenvalue weighted by Crippen LogP contribution is 2.53. The fourth-order valence-corrected chi connectivity index (χ4v) is 4.41. The number of ketones is 1. The highest BCUT2D eigenvalue weighted by molar-refractivity contribution is 5.97. The van der Waals surface area contributed by atoms with Crippen LogP contribution in [-0.2, 0) is 16.1 Å². The molecule has 2 atom stereocenters. The third-order valence-electron chi connectivity index (χ3n) is 5.80. The summed E-state index contributed by atoms with van der Waals surface area (Å²) in [5.41, 5.74) is 3.25. The number of rotatable bonds is 7. The average Bonchev–Trinajstić information content (AvgIpc) is 2.95. The lowest BCUT2D eigenvalue weighted by Gasteiger charge is -2.36. The molecule has 0 aromatic heterocycles. The van der Waals surface area contributed by atoms with E-state index in [0.717, 1.165) is 49.7 Å². The molecule has 0 radical (unpaired) electrons. The first kappa shape index (κ1) is 17.4. The topological polar surface area (TPSA) is 46.5 Å². The van der Waals surface area contributed by atoms with Gasteiger partial charge in [-0.2, -0.15) is 0 Å². The van der Waals surface area contributed by atoms with Crippen molar-refractivity contribution < 1.29 is 14.6 Å². The van der Waals surface area contributed by atoms with Gasteiger partial charge in [0.15, 0.2) is 5.78 Å². The van der Waals surface area contributed by atoms with Gasteiger partial charge in [0, 0.05) is 13.0 Å². The molecule has 1 saturated carbocycles. The fraction of sp³-hybridized carbons (Fsp3) is 0.571. The van der Waals surface area contributed by atoms with Crippen LogP contribution in [0, 0.1) is 5.41 Å². The van der Waals surface area contributed by atoms with Gasteiger partial charge >= 0.3 is 0 Å². The molecule has 3 rings (SSSR count). The summed E-state index contributed by atoms with van der Waals surface area (Å²) in [6.45, 7) is 3.45. The summed E-state index contributed by atoms with van der Waals surface area (Å²) in [7, 11) is 0. The Morgan fingerprint density at radius 3 is 2.79 bits per heavy atom. The molecule has 1 fully saturated rings. The molecule has 24 heavy (non-hydrogen) atoms. The van der Waals surface area contributed by atoms with Crippen molar-refractivity contribution in [1.29, 1.82) is 0 Å². The first-order valence-electron chi connectivity index (χ1n) is 9.23. The highest BCUT2D eigenvalue weighted by Gasteiger charge is 2.46. The molecule has 2 aliphatic carbocycles. The zero-order valence-corrected chi connectivity index (χ0v) is 14.6. The maximum Gasteiger partial charge on any atom is 0.158 e. The molecule has 0 aliphatic heterocycles. The standard InChI is InChI=1S/C21H28O3/c1-2-21-12-10-18(22)17(20(21)19(23)11-13-21)9-6-14-24-15-16-7-4-3-5-8-16/h3-5,7-8,19,23H,2,6,9-15H2,1H3/t19-,21+/m1/s1. The number of benzene rings is 1. The van der Waals surface area contributed by atoms with Crippen molar-refractivity contribution in [2.24, 2.45) is 5.41 Å². The van der Waals surface area contributed by atoms with Gasteiger partial charge in [-0.25, -0.2) is 0 Å². The SMILES string of the molecule is CC[C@@]12CCC(=O)C(CCCOCc3ccccc3)=C1[C@H](O)CC2. The molecule has 130 valence electrons. The van der Waals surface area contributed by atoms with Crippen LogP contribution in [0.5, 0.6) is 0 Å². The van der Waals surface area contributed by atoms with Crippen LogP contribution in [-0.4, -0.2) is 23.6 Å². The molecule has 1 aromatic carbocycles. The Balaban J connectivity index is 1.58. The minimum Gasteiger partial charge on any atom is -0.389 e. The van der Waals surface area contributed by atoms with Crippen LogP contribution in [0.25, 0.3) is 0 Å². The lowest BCUT2D eigenvalue weighted by molar-refractivity contribution is -0.117. The Hall–Kier alpha value is -1.45. The smallest absolute Gasteiger partial charge is 0.158 e. The Labute approximate surface area is 144 Å². The van der Waals surface area contributed by atoms with Crippen molar-refractivity contribution in [3.63, 3.8) is 0 Å². The number of ether oxygens (including phenoxy) is 1. The quantitative estimate of drug-likeness (QED) is 0.763. The van der Waals surface area contributed by atoms with Crippen LogP contribution in [0.4, 0.5) is 0 Å². The average molecular weight is 328 g/mol. The summed E-state index contributed by atoms with van der Waals surface area (Å²) in [5, 5.41) is 10.4. The molecule has 0 bridgehead atoms. The second-order valence-electron chi connectivity index (χ2n) is 7.15. The van der Waals surface area contributed by atoms with E-state index >= 15 is 0 Å². The monoisotopic (exact) mass is 328 g/mol. The first-order valence-corrected chi connectivity index (χ1v) is 9.23. The van der Waals surface area contributed by atoms with Gasteiger partial charge in [-0.05, 0) is 60.6 Å². The van der Waals surface area contributed by atoms with Gasteiger partial charge in [0.05, 0.1) is 12.7 Å². The van der Waals surface area contributed by atoms with Crippen molar-refractivity contribution in [2.45, 2.75) is 64.6 Å². The Bertz CT molecular complexity index is 605. The molecule has 3 heteroatoms. The number of hydrogen-bond acceptors (Lipinski definition) is 3. The highest BCUT2D eigenvalue weighted by atomic mass is 16.5. The Kier molecular flexibility index (Phi) is 5.52. The molecule has 3 nitrogen and oxygen atoms in total. The molecule has 2 aliphatic rings. The van der Waals surface area contributed by atoms with E-state index in [2.05, 4.69) is 19.1 Å². The number of Topliss-reactive ketones (excluding diaryl/α,β-unsaturated/α-hetero) is 1. The lowest BCUT2D eigenvalue weighted by Crippen LogP contribution is -2.30. The summed E-state index contributed by atoms with van der Waals surface area (Å²) >= 11 is 0. The predicted molar refractivity (Wildman–Crippen MR) is 94.6 cm³/mol. The number of carbonyl (C=O) groups is 1. The zero-order chi connectivity index (χ0) is 17.0. The number of hydrogen-bond donors (Lipinski definition) is 1. The van der Waals surface area contributed by atoms with Gasteiger partial charge in [0.25, 0.3) is 0 Å². The molecule has 0 spiro atoms. The normalized spacial score (nSPS) is 26.8. The first-order chi connectivity index (χ1) is 11.7. The molecule has 0 amide bonds. The van der Waals surface area contributed by atoms with Crippen LogP contribution in [0.3, 0.4) is 0 Å². The maximum atomic E-state index is 12.4. The van der Waals surface area contributed by atoms with Crippen LogP contribution in [0.2, 0.25) is 0 Å². The molecule has 0 saturated heterocycles. The van der Waals surface area contributed by atoms with Crippen molar-refractivity contribution in [1.82, 2.24) is 0 Å². The van der Waals surface area contributed by atoms with E-state index in [1.54, 1.807) is 0 Å². The van der Waals surface area contributed by atoms with Gasteiger partial charge in [-0.1, -0.05) is 37.3 Å². The lowest BCUT2D eigenvalue weighted by atomic mass is 9.68. The number of fused-ring (bicyclic) bond motifs is 1. The van der Waals surface area contributed by atoms with Crippen LogP contribution >= 0.6 is 0 Å². The van der Waals surface area contributed by atoms with E-state index in [4.69, 9.17) is 4.74 Å². The molecular weight excluding hydrogens is 300 g/mol. The number of aliphatic hydroxyl groups is 1. The van der Waals surface area contributed by atoms with E-state index in [1.165, 1.54) is 5.56 Å². The summed E-state index contributed by atoms with van der Waals surface area (Å²) in [6.07, 6.45) is 5.60. The van der Waals surface area contributed by atoms with Crippen molar-refractivity contribution >= 4 is 5.78 Å². The van der Waals surface area contributed by atoms with E-state index in [9.17, 15) is 9.90 Å². The zero-order valence-electron chi connectivity index (χ0n) is 14.6. The van der Waals surface area contributed by atoms with Crippen LogP contribution in [0.15, 0.2) is 41.5 Å². The summed E-state index contributed by atoms with van der Waals surface area (Å²) in [6, 6.07) is 10.1. The molecular formula is C21H28O3. The van der Waals surface area contributed by atoms with E-state index in [-0.39, 0.29) is 11.2 Å². The maximum absolute atomic E-state index is 12.4. The van der Waals surface area contributed by atoms with Gasteiger partial charge in [-0.15, -0.1) is 0 Å². The molecule has 0 heterocycles. The van der Waals surface area contributed by atoms with E-state index in [1.807, 2.05) is 18.2 Å². The number of carbonyl (C=O) groups excluding carboxylic acids is 1. The number of allylic oxidation sites excluding steroid dienone is 1. The second kappa shape index (κ2) is 7.62. The minimum atomic E-state index is -0.408. The molecule has 1 N–H and O–H groups in total. The number of aliphatic hydroxyl groups excluding tert-OH is 1. The van der Waals surface area contributed by atoms with Crippen molar-refractivity contribution in [2.75, 3.05) is 6.61 Å². The fourth-order valence-electron chi connectivity index (χ4n) is 4.41. The van der Waals surface area contributed by atoms with Gasteiger partial charge in [-0.3, -0.25) is 4.79 Å². The van der Waals surface area contributed by atoms with Gasteiger partial charge in [0.1, 0.15) is 0 Å². The largest absolute Gasteiger partial charge is 0.389 e. The molecule has 1 aromatic rings. The Morgan fingerprint density at radius 1 is 1.25 bits per heavy atom. The third-order valence-corrected chi connectivity index (χ3v) is 5.80. The second-order valence-corrected chi connectivity index (χ2v) is 7.15. The van der Waals surface area contributed by atoms with Crippen LogP contribution in [0.1, 0.15) is 57.4 Å². The van der Waals surface area contributed by atoms with E-state index in [0.29, 0.717) is 19.6 Å². The summed E-state index contributed by atoms with van der Waals surface area (Å²) < 4.78 is 5.74. The Morgan fingerprint density at radius 2 is 2.04 bits per heavy atom.